The Hall–Kier alpha value is -2.52. The van der Waals surface area contributed by atoms with Crippen LogP contribution in [-0.2, 0) is 0 Å². The second-order valence-corrected chi connectivity index (χ2v) is 6.04. The van der Waals surface area contributed by atoms with Crippen LogP contribution in [-0.4, -0.2) is 9.38 Å². The van der Waals surface area contributed by atoms with Gasteiger partial charge in [-0.3, -0.25) is 4.40 Å². The molecule has 0 aliphatic rings. The second-order valence-electron chi connectivity index (χ2n) is 4.98. The van der Waals surface area contributed by atoms with Crippen molar-refractivity contribution in [1.82, 2.24) is 9.38 Å². The molecule has 0 N–H and O–H groups in total. The first-order valence-corrected chi connectivity index (χ1v) is 7.99. The highest BCUT2D eigenvalue weighted by molar-refractivity contribution is 7.99. The predicted molar refractivity (Wildman–Crippen MR) is 91.2 cm³/mol. The van der Waals surface area contributed by atoms with Crippen molar-refractivity contribution in [2.24, 2.45) is 0 Å². The van der Waals surface area contributed by atoms with Crippen molar-refractivity contribution in [2.75, 3.05) is 0 Å². The van der Waals surface area contributed by atoms with Crippen LogP contribution in [0, 0.1) is 0 Å². The molecule has 0 fully saturated rings. The number of benzene rings is 2. The number of rotatable bonds is 3. The SMILES string of the molecule is c1ccc(Sc2nc(-c3ccccc3)n3ccccc23)cc1. The molecule has 0 saturated heterocycles. The van der Waals surface area contributed by atoms with Gasteiger partial charge in [-0.1, -0.05) is 66.4 Å². The molecule has 0 saturated carbocycles. The molecule has 0 unspecified atom stereocenters. The van der Waals surface area contributed by atoms with E-state index in [4.69, 9.17) is 4.98 Å². The van der Waals surface area contributed by atoms with E-state index >= 15 is 0 Å². The Bertz CT molecular complexity index is 899. The van der Waals surface area contributed by atoms with E-state index in [1.54, 1.807) is 11.8 Å². The van der Waals surface area contributed by atoms with Gasteiger partial charge in [0.15, 0.2) is 0 Å². The molecule has 0 aliphatic carbocycles. The largest absolute Gasteiger partial charge is 0.299 e. The van der Waals surface area contributed by atoms with Crippen LogP contribution < -0.4 is 0 Å². The fourth-order valence-corrected chi connectivity index (χ4v) is 3.40. The van der Waals surface area contributed by atoms with Gasteiger partial charge < -0.3 is 0 Å². The molecule has 2 aromatic carbocycles. The summed E-state index contributed by atoms with van der Waals surface area (Å²) in [5.74, 6) is 0.981. The van der Waals surface area contributed by atoms with E-state index in [0.29, 0.717) is 0 Å². The van der Waals surface area contributed by atoms with Gasteiger partial charge in [0, 0.05) is 16.7 Å². The highest BCUT2D eigenvalue weighted by Gasteiger charge is 2.12. The first-order chi connectivity index (χ1) is 10.9. The van der Waals surface area contributed by atoms with Crippen LogP contribution in [0.1, 0.15) is 0 Å². The van der Waals surface area contributed by atoms with E-state index < -0.39 is 0 Å². The van der Waals surface area contributed by atoms with Gasteiger partial charge in [0.1, 0.15) is 10.9 Å². The van der Waals surface area contributed by atoms with Crippen LogP contribution in [0.25, 0.3) is 16.9 Å². The molecule has 0 atom stereocenters. The van der Waals surface area contributed by atoms with Crippen LogP contribution >= 0.6 is 11.8 Å². The van der Waals surface area contributed by atoms with E-state index in [1.807, 2.05) is 30.3 Å². The summed E-state index contributed by atoms with van der Waals surface area (Å²) < 4.78 is 2.15. The first-order valence-electron chi connectivity index (χ1n) is 7.17. The maximum Gasteiger partial charge on any atom is 0.145 e. The zero-order valence-corrected chi connectivity index (χ0v) is 12.7. The normalized spacial score (nSPS) is 10.9. The average Bonchev–Trinajstić information content (AvgIpc) is 2.96. The Morgan fingerprint density at radius 3 is 2.18 bits per heavy atom. The van der Waals surface area contributed by atoms with Gasteiger partial charge in [-0.15, -0.1) is 0 Å². The Morgan fingerprint density at radius 1 is 0.727 bits per heavy atom. The fraction of sp³-hybridized carbons (Fsp3) is 0. The van der Waals surface area contributed by atoms with Gasteiger partial charge in [0.2, 0.25) is 0 Å². The molecule has 4 aromatic rings. The van der Waals surface area contributed by atoms with Crippen LogP contribution in [0.2, 0.25) is 0 Å². The van der Waals surface area contributed by atoms with Gasteiger partial charge in [-0.2, -0.15) is 0 Å². The summed E-state index contributed by atoms with van der Waals surface area (Å²) in [6, 6.07) is 26.9. The maximum absolute atomic E-state index is 4.88. The average molecular weight is 302 g/mol. The molecule has 2 nitrogen and oxygen atoms in total. The lowest BCUT2D eigenvalue weighted by Gasteiger charge is -2.00. The Labute approximate surface area is 133 Å². The molecule has 0 amide bonds. The topological polar surface area (TPSA) is 17.3 Å². The molecule has 3 heteroatoms. The van der Waals surface area contributed by atoms with Crippen LogP contribution in [0.4, 0.5) is 0 Å². The summed E-state index contributed by atoms with van der Waals surface area (Å²) in [6.45, 7) is 0. The second kappa shape index (κ2) is 5.70. The lowest BCUT2D eigenvalue weighted by Crippen LogP contribution is -1.87. The van der Waals surface area contributed by atoms with Crippen molar-refractivity contribution in [1.29, 1.82) is 0 Å². The lowest BCUT2D eigenvalue weighted by atomic mass is 10.2. The minimum absolute atomic E-state index is 0.981. The molecule has 0 spiro atoms. The van der Waals surface area contributed by atoms with Crippen molar-refractivity contribution in [2.45, 2.75) is 9.92 Å². The minimum Gasteiger partial charge on any atom is -0.299 e. The predicted octanol–water partition coefficient (Wildman–Crippen LogP) is 5.15. The smallest absolute Gasteiger partial charge is 0.145 e. The highest BCUT2D eigenvalue weighted by atomic mass is 32.2. The monoisotopic (exact) mass is 302 g/mol. The quantitative estimate of drug-likeness (QED) is 0.520. The zero-order valence-electron chi connectivity index (χ0n) is 11.9. The van der Waals surface area contributed by atoms with E-state index in [9.17, 15) is 0 Å². The standard InChI is InChI=1S/C19H14N2S/c1-3-9-15(10-4-1)18-20-19(17-13-7-8-14-21(17)18)22-16-11-5-2-6-12-16/h1-14H. The summed E-state index contributed by atoms with van der Waals surface area (Å²) in [6.07, 6.45) is 2.07. The minimum atomic E-state index is 0.981. The summed E-state index contributed by atoms with van der Waals surface area (Å²) in [4.78, 5) is 6.08. The summed E-state index contributed by atoms with van der Waals surface area (Å²) in [7, 11) is 0. The number of hydrogen-bond acceptors (Lipinski definition) is 2. The van der Waals surface area contributed by atoms with Crippen molar-refractivity contribution < 1.29 is 0 Å². The molecule has 22 heavy (non-hydrogen) atoms. The third kappa shape index (κ3) is 2.40. The number of fused-ring (bicyclic) bond motifs is 1. The van der Waals surface area contributed by atoms with Gasteiger partial charge in [0.05, 0.1) is 5.52 Å². The first kappa shape index (κ1) is 13.2. The summed E-state index contributed by atoms with van der Waals surface area (Å²) in [5.41, 5.74) is 2.26. The Morgan fingerprint density at radius 2 is 1.41 bits per heavy atom. The zero-order chi connectivity index (χ0) is 14.8. The Balaban J connectivity index is 1.86. The van der Waals surface area contributed by atoms with Gasteiger partial charge in [-0.05, 0) is 24.3 Å². The van der Waals surface area contributed by atoms with Gasteiger partial charge in [0.25, 0.3) is 0 Å². The molecular formula is C19H14N2S. The summed E-state index contributed by atoms with van der Waals surface area (Å²) >= 11 is 1.70. The van der Waals surface area contributed by atoms with E-state index in [0.717, 1.165) is 21.9 Å². The third-order valence-electron chi connectivity index (χ3n) is 3.50. The van der Waals surface area contributed by atoms with Crippen molar-refractivity contribution in [3.8, 4) is 11.4 Å². The molecular weight excluding hydrogens is 288 g/mol. The number of hydrogen-bond donors (Lipinski definition) is 0. The maximum atomic E-state index is 4.88. The van der Waals surface area contributed by atoms with Gasteiger partial charge in [-0.25, -0.2) is 4.98 Å². The van der Waals surface area contributed by atoms with E-state index in [2.05, 4.69) is 59.1 Å². The molecule has 0 bridgehead atoms. The van der Waals surface area contributed by atoms with E-state index in [-0.39, 0.29) is 0 Å². The third-order valence-corrected chi connectivity index (χ3v) is 4.51. The Kier molecular flexibility index (Phi) is 3.41. The number of imidazole rings is 1. The molecule has 0 aliphatic heterocycles. The van der Waals surface area contributed by atoms with E-state index in [1.165, 1.54) is 4.90 Å². The number of pyridine rings is 1. The number of aromatic nitrogens is 2. The number of nitrogens with zero attached hydrogens (tertiary/aromatic N) is 2. The molecule has 2 heterocycles. The van der Waals surface area contributed by atoms with Crippen molar-refractivity contribution in [3.05, 3.63) is 85.1 Å². The van der Waals surface area contributed by atoms with Crippen LogP contribution in [0.3, 0.4) is 0 Å². The van der Waals surface area contributed by atoms with Crippen molar-refractivity contribution >= 4 is 17.3 Å². The van der Waals surface area contributed by atoms with Crippen LogP contribution in [0.5, 0.6) is 0 Å². The molecule has 4 rings (SSSR count). The highest BCUT2D eigenvalue weighted by Crippen LogP contribution is 2.33. The molecule has 106 valence electrons. The van der Waals surface area contributed by atoms with Gasteiger partial charge >= 0.3 is 0 Å². The molecule has 0 radical (unpaired) electrons. The van der Waals surface area contributed by atoms with Crippen molar-refractivity contribution in [3.63, 3.8) is 0 Å². The van der Waals surface area contributed by atoms with Crippen LogP contribution in [0.15, 0.2) is 95.0 Å². The molecule has 2 aromatic heterocycles. The fourth-order valence-electron chi connectivity index (χ4n) is 2.48. The lowest BCUT2D eigenvalue weighted by molar-refractivity contribution is 1.15. The summed E-state index contributed by atoms with van der Waals surface area (Å²) in [5, 5.41) is 1.03.